The minimum Gasteiger partial charge on any atom is -0.491 e. The maximum atomic E-state index is 8.44. The van der Waals surface area contributed by atoms with Crippen molar-refractivity contribution in [2.24, 2.45) is 5.16 Å². The largest absolute Gasteiger partial charge is 0.491 e. The minimum atomic E-state index is 0.297. The van der Waals surface area contributed by atoms with Crippen LogP contribution in [0.25, 0.3) is 0 Å². The van der Waals surface area contributed by atoms with Crippen LogP contribution in [-0.4, -0.2) is 37.7 Å². The van der Waals surface area contributed by atoms with E-state index in [1.165, 1.54) is 27.5 Å². The van der Waals surface area contributed by atoms with Gasteiger partial charge in [-0.1, -0.05) is 5.16 Å². The monoisotopic (exact) mass is 212 g/mol. The first-order chi connectivity index (χ1) is 7.26. The molecule has 6 nitrogen and oxygen atoms in total. The van der Waals surface area contributed by atoms with Crippen LogP contribution in [0.15, 0.2) is 11.2 Å². The summed E-state index contributed by atoms with van der Waals surface area (Å²) in [5.74, 6) is 1.04. The van der Waals surface area contributed by atoms with Gasteiger partial charge in [-0.15, -0.1) is 0 Å². The van der Waals surface area contributed by atoms with Crippen molar-refractivity contribution in [2.45, 2.75) is 0 Å². The second kappa shape index (κ2) is 5.04. The molecule has 0 aromatic carbocycles. The van der Waals surface area contributed by atoms with Crippen LogP contribution < -0.4 is 14.2 Å². The summed E-state index contributed by atoms with van der Waals surface area (Å²) >= 11 is 0. The van der Waals surface area contributed by atoms with Gasteiger partial charge in [-0.25, -0.2) is 0 Å². The molecule has 0 amide bonds. The van der Waals surface area contributed by atoms with E-state index < -0.39 is 0 Å². The summed E-state index contributed by atoms with van der Waals surface area (Å²) in [5.41, 5.74) is 0.498. The molecule has 0 unspecified atom stereocenters. The Balaban J connectivity index is 3.27. The summed E-state index contributed by atoms with van der Waals surface area (Å²) < 4.78 is 15.0. The van der Waals surface area contributed by atoms with Gasteiger partial charge in [0.25, 0.3) is 5.88 Å². The fourth-order valence-corrected chi connectivity index (χ4v) is 1.09. The van der Waals surface area contributed by atoms with Gasteiger partial charge >= 0.3 is 0 Å². The zero-order valence-electron chi connectivity index (χ0n) is 8.72. The van der Waals surface area contributed by atoms with Gasteiger partial charge in [0.15, 0.2) is 5.75 Å². The molecule has 1 aromatic heterocycles. The number of hydrogen-bond donors (Lipinski definition) is 1. The number of hydrogen-bond acceptors (Lipinski definition) is 6. The predicted octanol–water partition coefficient (Wildman–Crippen LogP) is 0.915. The van der Waals surface area contributed by atoms with E-state index >= 15 is 0 Å². The van der Waals surface area contributed by atoms with Crippen molar-refractivity contribution in [1.29, 1.82) is 0 Å². The Labute approximate surface area is 87.1 Å². The maximum Gasteiger partial charge on any atom is 0.260 e. The molecule has 0 aliphatic carbocycles. The van der Waals surface area contributed by atoms with E-state index in [9.17, 15) is 0 Å². The lowest BCUT2D eigenvalue weighted by molar-refractivity contribution is 0.319. The Kier molecular flexibility index (Phi) is 3.73. The molecular weight excluding hydrogens is 200 g/mol. The highest BCUT2D eigenvalue weighted by molar-refractivity contribution is 5.83. The number of methoxy groups -OCH3 is 3. The Hall–Kier alpha value is -1.98. The fraction of sp³-hybridized carbons (Fsp3) is 0.333. The van der Waals surface area contributed by atoms with E-state index in [4.69, 9.17) is 19.4 Å². The van der Waals surface area contributed by atoms with Crippen molar-refractivity contribution in [3.8, 4) is 17.5 Å². The van der Waals surface area contributed by atoms with E-state index in [-0.39, 0.29) is 0 Å². The van der Waals surface area contributed by atoms with Gasteiger partial charge in [-0.2, -0.15) is 4.98 Å². The van der Waals surface area contributed by atoms with Crippen molar-refractivity contribution in [3.63, 3.8) is 0 Å². The molecule has 0 radical (unpaired) electrons. The maximum absolute atomic E-state index is 8.44. The first-order valence-corrected chi connectivity index (χ1v) is 4.11. The fourth-order valence-electron chi connectivity index (χ4n) is 1.09. The molecule has 1 rings (SSSR count). The Bertz CT molecular complexity index is 365. The third-order valence-electron chi connectivity index (χ3n) is 1.75. The van der Waals surface area contributed by atoms with Gasteiger partial charge in [-0.3, -0.25) is 0 Å². The lowest BCUT2D eigenvalue weighted by Crippen LogP contribution is -2.00. The standard InChI is InChI=1S/C9H12N2O4/c1-13-7-4-6(5-10-12)8(14-2)11-9(7)15-3/h4-5,12H,1-3H3. The Morgan fingerprint density at radius 3 is 2.33 bits per heavy atom. The smallest absolute Gasteiger partial charge is 0.260 e. The number of rotatable bonds is 4. The minimum absolute atomic E-state index is 0.297. The van der Waals surface area contributed by atoms with Gasteiger partial charge < -0.3 is 19.4 Å². The summed E-state index contributed by atoms with van der Waals surface area (Å²) in [7, 11) is 4.43. The highest BCUT2D eigenvalue weighted by Crippen LogP contribution is 2.29. The van der Waals surface area contributed by atoms with Crippen molar-refractivity contribution < 1.29 is 19.4 Å². The van der Waals surface area contributed by atoms with Crippen molar-refractivity contribution in [2.75, 3.05) is 21.3 Å². The summed E-state index contributed by atoms with van der Waals surface area (Å²) in [4.78, 5) is 4.03. The normalized spacial score (nSPS) is 10.3. The molecule has 0 fully saturated rings. The molecule has 6 heteroatoms. The van der Waals surface area contributed by atoms with Crippen molar-refractivity contribution in [1.82, 2.24) is 4.98 Å². The van der Waals surface area contributed by atoms with E-state index in [0.29, 0.717) is 23.1 Å². The highest BCUT2D eigenvalue weighted by atomic mass is 16.5. The van der Waals surface area contributed by atoms with E-state index in [0.717, 1.165) is 0 Å². The van der Waals surface area contributed by atoms with E-state index in [1.807, 2.05) is 0 Å². The molecule has 0 bridgehead atoms. The molecule has 0 aliphatic rings. The Morgan fingerprint density at radius 2 is 1.87 bits per heavy atom. The summed E-state index contributed by atoms with van der Waals surface area (Å²) in [5, 5.41) is 11.3. The molecule has 0 spiro atoms. The van der Waals surface area contributed by atoms with Crippen LogP contribution in [0.1, 0.15) is 5.56 Å². The van der Waals surface area contributed by atoms with Crippen LogP contribution in [0.2, 0.25) is 0 Å². The topological polar surface area (TPSA) is 73.2 Å². The molecule has 1 aromatic rings. The number of aromatic nitrogens is 1. The second-order valence-corrected chi connectivity index (χ2v) is 2.54. The second-order valence-electron chi connectivity index (χ2n) is 2.54. The highest BCUT2D eigenvalue weighted by Gasteiger charge is 2.12. The summed E-state index contributed by atoms with van der Waals surface area (Å²) in [6.45, 7) is 0. The van der Waals surface area contributed by atoms with Crippen LogP contribution in [0.3, 0.4) is 0 Å². The van der Waals surface area contributed by atoms with Crippen LogP contribution in [0, 0.1) is 0 Å². The zero-order valence-corrected chi connectivity index (χ0v) is 8.72. The zero-order chi connectivity index (χ0) is 11.3. The number of pyridine rings is 1. The molecule has 15 heavy (non-hydrogen) atoms. The van der Waals surface area contributed by atoms with Gasteiger partial charge in [0, 0.05) is 6.07 Å². The molecule has 0 saturated heterocycles. The molecule has 1 heterocycles. The van der Waals surface area contributed by atoms with Gasteiger partial charge in [0.05, 0.1) is 33.1 Å². The third kappa shape index (κ3) is 2.28. The first-order valence-electron chi connectivity index (χ1n) is 4.11. The molecule has 82 valence electrons. The van der Waals surface area contributed by atoms with Crippen LogP contribution in [-0.2, 0) is 0 Å². The van der Waals surface area contributed by atoms with Crippen LogP contribution in [0.5, 0.6) is 17.5 Å². The van der Waals surface area contributed by atoms with Crippen molar-refractivity contribution in [3.05, 3.63) is 11.6 Å². The number of ether oxygens (including phenoxy) is 3. The molecule has 1 N–H and O–H groups in total. The van der Waals surface area contributed by atoms with Gasteiger partial charge in [-0.05, 0) is 0 Å². The SMILES string of the molecule is COc1cc(C=NO)c(OC)nc1OC. The van der Waals surface area contributed by atoms with E-state index in [1.54, 1.807) is 6.07 Å². The molecule has 0 aliphatic heterocycles. The average molecular weight is 212 g/mol. The average Bonchev–Trinajstić information content (AvgIpc) is 2.28. The van der Waals surface area contributed by atoms with Gasteiger partial charge in [0.2, 0.25) is 5.88 Å². The predicted molar refractivity (Wildman–Crippen MR) is 53.3 cm³/mol. The van der Waals surface area contributed by atoms with Crippen LogP contribution in [0.4, 0.5) is 0 Å². The van der Waals surface area contributed by atoms with E-state index in [2.05, 4.69) is 10.1 Å². The van der Waals surface area contributed by atoms with Crippen molar-refractivity contribution >= 4 is 6.21 Å². The summed E-state index contributed by atoms with van der Waals surface area (Å²) in [6.07, 6.45) is 1.20. The summed E-state index contributed by atoms with van der Waals surface area (Å²) in [6, 6.07) is 1.60. The Morgan fingerprint density at radius 1 is 1.20 bits per heavy atom. The van der Waals surface area contributed by atoms with Gasteiger partial charge in [0.1, 0.15) is 0 Å². The van der Waals surface area contributed by atoms with Crippen LogP contribution >= 0.6 is 0 Å². The molecule has 0 atom stereocenters. The lowest BCUT2D eigenvalue weighted by atomic mass is 10.3. The molecule has 0 saturated carbocycles. The number of oxime groups is 1. The third-order valence-corrected chi connectivity index (χ3v) is 1.75. The first kappa shape index (κ1) is 11.1. The molecular formula is C9H12N2O4. The quantitative estimate of drug-likeness (QED) is 0.456. The lowest BCUT2D eigenvalue weighted by Gasteiger charge is -2.09. The number of nitrogens with zero attached hydrogens (tertiary/aromatic N) is 2.